The standard InChI is InChI=1S/C12H8F3N3O2/c13-8-1-7(4-16-6-8)5-17-11-2-9(14)10(15)3-12(11)18(19)20/h1-4,6,17H,5H2. The van der Waals surface area contributed by atoms with Crippen molar-refractivity contribution in [1.82, 2.24) is 4.98 Å². The molecule has 2 rings (SSSR count). The van der Waals surface area contributed by atoms with Gasteiger partial charge in [-0.1, -0.05) is 0 Å². The number of anilines is 1. The van der Waals surface area contributed by atoms with Crippen molar-refractivity contribution in [1.29, 1.82) is 0 Å². The fourth-order valence-electron chi connectivity index (χ4n) is 1.58. The number of benzene rings is 1. The van der Waals surface area contributed by atoms with Crippen molar-refractivity contribution in [3.05, 3.63) is 63.7 Å². The molecule has 0 spiro atoms. The first-order chi connectivity index (χ1) is 9.47. The van der Waals surface area contributed by atoms with Crippen LogP contribution in [0, 0.1) is 27.6 Å². The third-order valence-corrected chi connectivity index (χ3v) is 2.48. The number of hydrogen-bond donors (Lipinski definition) is 1. The number of nitrogens with zero attached hydrogens (tertiary/aromatic N) is 2. The molecule has 0 amide bonds. The van der Waals surface area contributed by atoms with Crippen LogP contribution < -0.4 is 5.32 Å². The van der Waals surface area contributed by atoms with E-state index in [1.165, 1.54) is 12.3 Å². The molecule has 0 unspecified atom stereocenters. The Morgan fingerprint density at radius 2 is 1.85 bits per heavy atom. The smallest absolute Gasteiger partial charge is 0.295 e. The third kappa shape index (κ3) is 3.02. The first-order valence-electron chi connectivity index (χ1n) is 5.44. The quantitative estimate of drug-likeness (QED) is 0.691. The van der Waals surface area contributed by atoms with Crippen LogP contribution in [0.25, 0.3) is 0 Å². The second kappa shape index (κ2) is 5.55. The maximum atomic E-state index is 13.1. The maximum Gasteiger partial charge on any atom is 0.295 e. The van der Waals surface area contributed by atoms with Gasteiger partial charge in [0.25, 0.3) is 5.69 Å². The monoisotopic (exact) mass is 283 g/mol. The zero-order chi connectivity index (χ0) is 14.7. The molecule has 0 atom stereocenters. The van der Waals surface area contributed by atoms with E-state index in [4.69, 9.17) is 0 Å². The molecule has 0 aliphatic heterocycles. The average Bonchev–Trinajstić information content (AvgIpc) is 2.39. The van der Waals surface area contributed by atoms with Gasteiger partial charge in [0.2, 0.25) is 0 Å². The van der Waals surface area contributed by atoms with Gasteiger partial charge in [-0.2, -0.15) is 0 Å². The van der Waals surface area contributed by atoms with Crippen molar-refractivity contribution in [2.45, 2.75) is 6.54 Å². The number of pyridine rings is 1. The second-order valence-corrected chi connectivity index (χ2v) is 3.91. The van der Waals surface area contributed by atoms with E-state index in [9.17, 15) is 23.3 Å². The van der Waals surface area contributed by atoms with Gasteiger partial charge in [-0.15, -0.1) is 0 Å². The van der Waals surface area contributed by atoms with Gasteiger partial charge in [0.1, 0.15) is 11.5 Å². The van der Waals surface area contributed by atoms with Crippen molar-refractivity contribution in [3.8, 4) is 0 Å². The fraction of sp³-hybridized carbons (Fsp3) is 0.0833. The molecule has 0 bridgehead atoms. The molecule has 5 nitrogen and oxygen atoms in total. The van der Waals surface area contributed by atoms with Crippen LogP contribution in [0.3, 0.4) is 0 Å². The predicted molar refractivity (Wildman–Crippen MR) is 64.5 cm³/mol. The van der Waals surface area contributed by atoms with Crippen LogP contribution in [0.15, 0.2) is 30.6 Å². The first kappa shape index (κ1) is 13.8. The zero-order valence-corrected chi connectivity index (χ0v) is 9.94. The van der Waals surface area contributed by atoms with E-state index >= 15 is 0 Å². The van der Waals surface area contributed by atoms with Crippen LogP contribution in [0.2, 0.25) is 0 Å². The van der Waals surface area contributed by atoms with Gasteiger partial charge >= 0.3 is 0 Å². The molecule has 0 fully saturated rings. The molecule has 0 aliphatic rings. The van der Waals surface area contributed by atoms with Gasteiger partial charge in [-0.05, 0) is 11.6 Å². The summed E-state index contributed by atoms with van der Waals surface area (Å²) < 4.78 is 39.0. The van der Waals surface area contributed by atoms with Crippen LogP contribution in [0.1, 0.15) is 5.56 Å². The van der Waals surface area contributed by atoms with Crippen LogP contribution in [0.5, 0.6) is 0 Å². The van der Waals surface area contributed by atoms with Crippen molar-refractivity contribution in [3.63, 3.8) is 0 Å². The number of halogens is 3. The van der Waals surface area contributed by atoms with Gasteiger partial charge in [-0.25, -0.2) is 13.2 Å². The lowest BCUT2D eigenvalue weighted by Gasteiger charge is -2.07. The first-order valence-corrected chi connectivity index (χ1v) is 5.44. The summed E-state index contributed by atoms with van der Waals surface area (Å²) in [5.74, 6) is -3.09. The normalized spacial score (nSPS) is 10.3. The number of nitro benzene ring substituents is 1. The lowest BCUT2D eigenvalue weighted by molar-refractivity contribution is -0.384. The van der Waals surface area contributed by atoms with Gasteiger partial charge in [0.15, 0.2) is 11.6 Å². The molecular formula is C12H8F3N3O2. The molecule has 1 aromatic carbocycles. The van der Waals surface area contributed by atoms with Crippen LogP contribution in [0.4, 0.5) is 24.5 Å². The Morgan fingerprint density at radius 3 is 2.50 bits per heavy atom. The summed E-state index contributed by atoms with van der Waals surface area (Å²) in [5, 5.41) is 13.3. The molecule has 2 aromatic rings. The van der Waals surface area contributed by atoms with Gasteiger partial charge in [0.05, 0.1) is 17.2 Å². The second-order valence-electron chi connectivity index (χ2n) is 3.91. The molecular weight excluding hydrogens is 275 g/mol. The van der Waals surface area contributed by atoms with E-state index in [2.05, 4.69) is 10.3 Å². The number of nitro groups is 1. The average molecular weight is 283 g/mol. The molecule has 0 aliphatic carbocycles. The summed E-state index contributed by atoms with van der Waals surface area (Å²) in [7, 11) is 0. The highest BCUT2D eigenvalue weighted by Crippen LogP contribution is 2.27. The highest BCUT2D eigenvalue weighted by Gasteiger charge is 2.18. The Labute approximate surface area is 111 Å². The Hall–Kier alpha value is -2.64. The summed E-state index contributed by atoms with van der Waals surface area (Å²) >= 11 is 0. The summed E-state index contributed by atoms with van der Waals surface area (Å²) in [6, 6.07) is 2.34. The number of hydrogen-bond acceptors (Lipinski definition) is 4. The number of rotatable bonds is 4. The van der Waals surface area contributed by atoms with Gasteiger partial charge < -0.3 is 5.32 Å². The highest BCUT2D eigenvalue weighted by atomic mass is 19.2. The number of aromatic nitrogens is 1. The Bertz CT molecular complexity index is 664. The topological polar surface area (TPSA) is 68.1 Å². The molecule has 0 saturated heterocycles. The molecule has 104 valence electrons. The van der Waals surface area contributed by atoms with Crippen LogP contribution in [-0.4, -0.2) is 9.91 Å². The molecule has 0 radical (unpaired) electrons. The van der Waals surface area contributed by atoms with E-state index in [1.807, 2.05) is 0 Å². The van der Waals surface area contributed by atoms with Crippen LogP contribution >= 0.6 is 0 Å². The van der Waals surface area contributed by atoms with E-state index in [-0.39, 0.29) is 12.2 Å². The van der Waals surface area contributed by atoms with E-state index in [0.29, 0.717) is 17.7 Å². The Balaban J connectivity index is 2.24. The van der Waals surface area contributed by atoms with Gasteiger partial charge in [-0.3, -0.25) is 15.1 Å². The van der Waals surface area contributed by atoms with Crippen molar-refractivity contribution < 1.29 is 18.1 Å². The molecule has 0 saturated carbocycles. The Kier molecular flexibility index (Phi) is 3.83. The minimum Gasteiger partial charge on any atom is -0.375 e. The molecule has 1 N–H and O–H groups in total. The zero-order valence-electron chi connectivity index (χ0n) is 9.94. The molecule has 1 heterocycles. The SMILES string of the molecule is O=[N+]([O-])c1cc(F)c(F)cc1NCc1cncc(F)c1. The molecule has 1 aromatic heterocycles. The van der Waals surface area contributed by atoms with E-state index in [0.717, 1.165) is 6.20 Å². The van der Waals surface area contributed by atoms with Crippen molar-refractivity contribution in [2.24, 2.45) is 0 Å². The molecule has 8 heteroatoms. The summed E-state index contributed by atoms with van der Waals surface area (Å²) in [6.45, 7) is -0.0172. The third-order valence-electron chi connectivity index (χ3n) is 2.48. The summed E-state index contributed by atoms with van der Waals surface area (Å²) in [5.41, 5.74) is -0.393. The van der Waals surface area contributed by atoms with Crippen LogP contribution in [-0.2, 0) is 6.54 Å². The minimum atomic E-state index is -1.31. The van der Waals surface area contributed by atoms with E-state index < -0.39 is 28.1 Å². The summed E-state index contributed by atoms with van der Waals surface area (Å²) in [6.07, 6.45) is 2.35. The minimum absolute atomic E-state index is 0.0172. The fourth-order valence-corrected chi connectivity index (χ4v) is 1.58. The Morgan fingerprint density at radius 1 is 1.15 bits per heavy atom. The van der Waals surface area contributed by atoms with Crippen molar-refractivity contribution in [2.75, 3.05) is 5.32 Å². The lowest BCUT2D eigenvalue weighted by atomic mass is 10.2. The molecule has 20 heavy (non-hydrogen) atoms. The van der Waals surface area contributed by atoms with Crippen molar-refractivity contribution >= 4 is 11.4 Å². The maximum absolute atomic E-state index is 13.1. The predicted octanol–water partition coefficient (Wildman–Crippen LogP) is 3.02. The lowest BCUT2D eigenvalue weighted by Crippen LogP contribution is -2.04. The highest BCUT2D eigenvalue weighted by molar-refractivity contribution is 5.61. The number of nitrogens with one attached hydrogen (secondary N) is 1. The summed E-state index contributed by atoms with van der Waals surface area (Å²) in [4.78, 5) is 13.5. The largest absolute Gasteiger partial charge is 0.375 e. The van der Waals surface area contributed by atoms with E-state index in [1.54, 1.807) is 0 Å². The van der Waals surface area contributed by atoms with Gasteiger partial charge in [0, 0.05) is 18.8 Å².